The average molecular weight is 460 g/mol. The molecule has 0 unspecified atom stereocenters. The smallest absolute Gasteiger partial charge is 0.270 e. The number of hydrogen-bond donors (Lipinski definition) is 1. The fraction of sp³-hybridized carbons (Fsp3) is 0.0690. The maximum atomic E-state index is 13.3. The van der Waals surface area contributed by atoms with Crippen LogP contribution in [0.25, 0.3) is 33.9 Å². The third-order valence-corrected chi connectivity index (χ3v) is 5.77. The first-order valence-corrected chi connectivity index (χ1v) is 11.3. The molecule has 5 rings (SSSR count). The molecule has 3 aromatic carbocycles. The summed E-state index contributed by atoms with van der Waals surface area (Å²) in [5, 5.41) is 0. The summed E-state index contributed by atoms with van der Waals surface area (Å²) >= 11 is 0. The molecule has 172 valence electrons. The Bertz CT molecular complexity index is 1430. The van der Waals surface area contributed by atoms with Crippen molar-refractivity contribution in [2.45, 2.75) is 0 Å². The molecule has 0 fully saturated rings. The van der Waals surface area contributed by atoms with Crippen LogP contribution < -0.4 is 10.3 Å². The zero-order chi connectivity index (χ0) is 24.2. The second-order valence-corrected chi connectivity index (χ2v) is 8.32. The summed E-state index contributed by atoms with van der Waals surface area (Å²) in [6.07, 6.45) is 3.22. The summed E-state index contributed by atoms with van der Waals surface area (Å²) in [5.74, 6) is 0.406. The summed E-state index contributed by atoms with van der Waals surface area (Å²) in [4.78, 5) is 24.4. The van der Waals surface area contributed by atoms with Gasteiger partial charge in [-0.15, -0.1) is 0 Å². The van der Waals surface area contributed by atoms with Crippen LogP contribution in [0.15, 0.2) is 109 Å². The van der Waals surface area contributed by atoms with Crippen LogP contribution in [0, 0.1) is 0 Å². The third kappa shape index (κ3) is 4.54. The molecule has 0 atom stereocenters. The van der Waals surface area contributed by atoms with Gasteiger partial charge in [-0.1, -0.05) is 60.7 Å². The first-order valence-electron chi connectivity index (χ1n) is 11.3. The number of nitrogens with zero attached hydrogens (tertiary/aromatic N) is 4. The molecule has 5 aromatic rings. The molecule has 0 saturated carbocycles. The Kier molecular flexibility index (Phi) is 6.09. The van der Waals surface area contributed by atoms with E-state index in [1.807, 2.05) is 104 Å². The Hall–Kier alpha value is -4.71. The van der Waals surface area contributed by atoms with E-state index < -0.39 is 0 Å². The Balaban J connectivity index is 1.73. The number of hydrogen-bond acceptors (Lipinski definition) is 4. The van der Waals surface area contributed by atoms with Crippen molar-refractivity contribution < 1.29 is 4.79 Å². The Morgan fingerprint density at radius 1 is 0.743 bits per heavy atom. The predicted molar refractivity (Wildman–Crippen MR) is 141 cm³/mol. The van der Waals surface area contributed by atoms with Gasteiger partial charge in [-0.2, -0.15) is 0 Å². The highest BCUT2D eigenvalue weighted by molar-refractivity contribution is 6.01. The molecule has 0 bridgehead atoms. The minimum absolute atomic E-state index is 0.243. The topological polar surface area (TPSA) is 63.1 Å². The van der Waals surface area contributed by atoms with Gasteiger partial charge >= 0.3 is 0 Å². The van der Waals surface area contributed by atoms with Crippen molar-refractivity contribution in [3.63, 3.8) is 0 Å². The van der Waals surface area contributed by atoms with E-state index in [-0.39, 0.29) is 5.91 Å². The minimum Gasteiger partial charge on any atom is -0.378 e. The number of carbonyl (C=O) groups is 1. The lowest BCUT2D eigenvalue weighted by Crippen LogP contribution is -2.24. The standard InChI is InChI=1S/C29H25N5O/c1-33(2)25-15-13-23(14-16-25)28-31-26(21-9-5-3-6-10-21)27(22-11-7-4-8-12-22)34(28)32-29(35)24-17-19-30-20-18-24/h3-20H,1-2H3,(H,32,35). The number of nitrogens with one attached hydrogen (secondary N) is 1. The molecule has 6 heteroatoms. The van der Waals surface area contributed by atoms with Gasteiger partial charge in [0.15, 0.2) is 5.82 Å². The molecule has 0 aliphatic rings. The van der Waals surface area contributed by atoms with Crippen molar-refractivity contribution in [2.75, 3.05) is 24.4 Å². The molecule has 0 aliphatic heterocycles. The van der Waals surface area contributed by atoms with E-state index in [1.54, 1.807) is 29.2 Å². The Labute approximate surface area is 204 Å². The highest BCUT2D eigenvalue weighted by Crippen LogP contribution is 2.36. The van der Waals surface area contributed by atoms with Crippen LogP contribution >= 0.6 is 0 Å². The monoisotopic (exact) mass is 459 g/mol. The van der Waals surface area contributed by atoms with Crippen molar-refractivity contribution in [1.82, 2.24) is 14.6 Å². The number of aromatic nitrogens is 3. The largest absolute Gasteiger partial charge is 0.378 e. The maximum Gasteiger partial charge on any atom is 0.270 e. The van der Waals surface area contributed by atoms with Crippen molar-refractivity contribution in [3.8, 4) is 33.9 Å². The van der Waals surface area contributed by atoms with Gasteiger partial charge < -0.3 is 4.90 Å². The van der Waals surface area contributed by atoms with Gasteiger partial charge in [0, 0.05) is 54.4 Å². The second kappa shape index (κ2) is 9.65. The van der Waals surface area contributed by atoms with Gasteiger partial charge in [0.25, 0.3) is 5.91 Å². The van der Waals surface area contributed by atoms with Crippen LogP contribution in [0.3, 0.4) is 0 Å². The summed E-state index contributed by atoms with van der Waals surface area (Å²) in [6.45, 7) is 0. The molecular formula is C29H25N5O. The summed E-state index contributed by atoms with van der Waals surface area (Å²) in [5.41, 5.74) is 9.11. The number of rotatable bonds is 6. The SMILES string of the molecule is CN(C)c1ccc(-c2nc(-c3ccccc3)c(-c3ccccc3)n2NC(=O)c2ccncc2)cc1. The maximum absolute atomic E-state index is 13.3. The van der Waals surface area contributed by atoms with Crippen LogP contribution in [0.2, 0.25) is 0 Å². The zero-order valence-corrected chi connectivity index (χ0v) is 19.6. The molecule has 6 nitrogen and oxygen atoms in total. The van der Waals surface area contributed by atoms with E-state index in [9.17, 15) is 4.79 Å². The molecule has 1 N–H and O–H groups in total. The molecule has 0 spiro atoms. The van der Waals surface area contributed by atoms with Crippen LogP contribution in [-0.2, 0) is 0 Å². The minimum atomic E-state index is -0.243. The van der Waals surface area contributed by atoms with E-state index in [0.29, 0.717) is 11.4 Å². The van der Waals surface area contributed by atoms with Crippen LogP contribution in [0.5, 0.6) is 0 Å². The average Bonchev–Trinajstić information content (AvgIpc) is 3.29. The number of pyridine rings is 1. The number of carbonyl (C=O) groups excluding carboxylic acids is 1. The molecule has 2 heterocycles. The van der Waals surface area contributed by atoms with E-state index in [0.717, 1.165) is 33.8 Å². The molecule has 0 aliphatic carbocycles. The number of amides is 1. The van der Waals surface area contributed by atoms with Gasteiger partial charge in [-0.25, -0.2) is 9.66 Å². The molecule has 2 aromatic heterocycles. The molecule has 0 radical (unpaired) electrons. The lowest BCUT2D eigenvalue weighted by molar-refractivity contribution is 0.101. The van der Waals surface area contributed by atoms with Gasteiger partial charge in [0.1, 0.15) is 0 Å². The Morgan fingerprint density at radius 2 is 1.34 bits per heavy atom. The normalized spacial score (nSPS) is 10.7. The number of benzene rings is 3. The van der Waals surface area contributed by atoms with Crippen LogP contribution in [0.4, 0.5) is 5.69 Å². The Morgan fingerprint density at radius 3 is 1.94 bits per heavy atom. The van der Waals surface area contributed by atoms with Crippen molar-refractivity contribution in [2.24, 2.45) is 0 Å². The molecule has 35 heavy (non-hydrogen) atoms. The highest BCUT2D eigenvalue weighted by atomic mass is 16.2. The second-order valence-electron chi connectivity index (χ2n) is 8.32. The lowest BCUT2D eigenvalue weighted by Gasteiger charge is -2.16. The van der Waals surface area contributed by atoms with Gasteiger partial charge in [-0.05, 0) is 36.4 Å². The van der Waals surface area contributed by atoms with Gasteiger partial charge in [0.2, 0.25) is 0 Å². The lowest BCUT2D eigenvalue weighted by atomic mass is 10.1. The zero-order valence-electron chi connectivity index (χ0n) is 19.6. The van der Waals surface area contributed by atoms with E-state index in [4.69, 9.17) is 4.98 Å². The highest BCUT2D eigenvalue weighted by Gasteiger charge is 2.23. The van der Waals surface area contributed by atoms with Crippen LogP contribution in [0.1, 0.15) is 10.4 Å². The predicted octanol–water partition coefficient (Wildman–Crippen LogP) is 5.73. The molecular weight excluding hydrogens is 434 g/mol. The summed E-state index contributed by atoms with van der Waals surface area (Å²) in [6, 6.07) is 31.5. The fourth-order valence-electron chi connectivity index (χ4n) is 3.96. The van der Waals surface area contributed by atoms with E-state index in [1.165, 1.54) is 0 Å². The number of anilines is 1. The number of imidazole rings is 1. The van der Waals surface area contributed by atoms with Gasteiger partial charge in [0.05, 0.1) is 11.4 Å². The quantitative estimate of drug-likeness (QED) is 0.352. The van der Waals surface area contributed by atoms with Gasteiger partial charge in [-0.3, -0.25) is 15.2 Å². The van der Waals surface area contributed by atoms with E-state index in [2.05, 4.69) is 10.4 Å². The van der Waals surface area contributed by atoms with Crippen molar-refractivity contribution >= 4 is 11.6 Å². The van der Waals surface area contributed by atoms with E-state index >= 15 is 0 Å². The van der Waals surface area contributed by atoms with Crippen molar-refractivity contribution in [3.05, 3.63) is 115 Å². The third-order valence-electron chi connectivity index (χ3n) is 5.77. The summed E-state index contributed by atoms with van der Waals surface area (Å²) in [7, 11) is 4.01. The first kappa shape index (κ1) is 22.1. The molecule has 1 amide bonds. The summed E-state index contributed by atoms with van der Waals surface area (Å²) < 4.78 is 1.80. The molecule has 0 saturated heterocycles. The first-order chi connectivity index (χ1) is 17.1. The van der Waals surface area contributed by atoms with Crippen molar-refractivity contribution in [1.29, 1.82) is 0 Å². The van der Waals surface area contributed by atoms with Crippen LogP contribution in [-0.4, -0.2) is 34.6 Å². The fourth-order valence-corrected chi connectivity index (χ4v) is 3.96.